The number of rotatable bonds is 0. The SMILES string of the molecule is CC(C)(C)n1ccc2c3c(ccc21)OCCN(C(=O)O)C3. The Kier molecular flexibility index (Phi) is 3.08. The third kappa shape index (κ3) is 2.33. The molecule has 0 spiro atoms. The standard InChI is InChI=1S/C16H20N2O3/c1-16(2,3)18-7-6-11-12-10-17(15(19)20)8-9-21-14(12)5-4-13(11)18/h4-7H,8-10H2,1-3H3,(H,19,20). The summed E-state index contributed by atoms with van der Waals surface area (Å²) in [5.41, 5.74) is 2.04. The zero-order chi connectivity index (χ0) is 15.2. The Labute approximate surface area is 123 Å². The Morgan fingerprint density at radius 1 is 1.29 bits per heavy atom. The fourth-order valence-electron chi connectivity index (χ4n) is 2.84. The molecule has 0 radical (unpaired) electrons. The smallest absolute Gasteiger partial charge is 0.407 e. The normalized spacial score (nSPS) is 15.5. The number of carboxylic acid groups (broad SMARTS) is 1. The first kappa shape index (κ1) is 13.8. The summed E-state index contributed by atoms with van der Waals surface area (Å²) in [5.74, 6) is 0.790. The Morgan fingerprint density at radius 3 is 2.71 bits per heavy atom. The van der Waals surface area contributed by atoms with Crippen LogP contribution in [-0.4, -0.2) is 33.8 Å². The Balaban J connectivity index is 2.16. The van der Waals surface area contributed by atoms with Gasteiger partial charge in [0.25, 0.3) is 0 Å². The van der Waals surface area contributed by atoms with Crippen molar-refractivity contribution in [2.45, 2.75) is 32.9 Å². The second-order valence-electron chi connectivity index (χ2n) is 6.38. The maximum atomic E-state index is 11.3. The number of hydrogen-bond acceptors (Lipinski definition) is 2. The number of aromatic nitrogens is 1. The average molecular weight is 288 g/mol. The van der Waals surface area contributed by atoms with Gasteiger partial charge in [0.05, 0.1) is 13.1 Å². The van der Waals surface area contributed by atoms with E-state index in [0.717, 1.165) is 22.2 Å². The van der Waals surface area contributed by atoms with E-state index in [-0.39, 0.29) is 5.54 Å². The van der Waals surface area contributed by atoms with Gasteiger partial charge in [-0.1, -0.05) is 0 Å². The fourth-order valence-corrected chi connectivity index (χ4v) is 2.84. The van der Waals surface area contributed by atoms with Crippen molar-refractivity contribution in [3.8, 4) is 5.75 Å². The summed E-state index contributed by atoms with van der Waals surface area (Å²) in [6.45, 7) is 7.61. The number of amides is 1. The van der Waals surface area contributed by atoms with Crippen LogP contribution in [0.2, 0.25) is 0 Å². The van der Waals surface area contributed by atoms with Crippen molar-refractivity contribution >= 4 is 17.0 Å². The minimum Gasteiger partial charge on any atom is -0.491 e. The highest BCUT2D eigenvalue weighted by Crippen LogP contribution is 2.33. The van der Waals surface area contributed by atoms with Gasteiger partial charge >= 0.3 is 6.09 Å². The van der Waals surface area contributed by atoms with Crippen molar-refractivity contribution in [3.05, 3.63) is 30.0 Å². The van der Waals surface area contributed by atoms with Crippen LogP contribution in [-0.2, 0) is 12.1 Å². The largest absolute Gasteiger partial charge is 0.491 e. The van der Waals surface area contributed by atoms with Gasteiger partial charge in [0.1, 0.15) is 12.4 Å². The van der Waals surface area contributed by atoms with Gasteiger partial charge in [-0.3, -0.25) is 0 Å². The zero-order valence-corrected chi connectivity index (χ0v) is 12.6. The van der Waals surface area contributed by atoms with Crippen LogP contribution in [0.3, 0.4) is 0 Å². The van der Waals surface area contributed by atoms with Crippen molar-refractivity contribution < 1.29 is 14.6 Å². The second-order valence-corrected chi connectivity index (χ2v) is 6.38. The highest BCUT2D eigenvalue weighted by molar-refractivity contribution is 5.86. The molecule has 1 N–H and O–H groups in total. The van der Waals surface area contributed by atoms with Crippen LogP contribution < -0.4 is 4.74 Å². The quantitative estimate of drug-likeness (QED) is 0.809. The second kappa shape index (κ2) is 4.69. The van der Waals surface area contributed by atoms with E-state index in [1.165, 1.54) is 4.90 Å². The van der Waals surface area contributed by atoms with Gasteiger partial charge in [0.2, 0.25) is 0 Å². The van der Waals surface area contributed by atoms with Crippen molar-refractivity contribution in [1.82, 2.24) is 9.47 Å². The molecule has 1 amide bonds. The van der Waals surface area contributed by atoms with Gasteiger partial charge in [-0.2, -0.15) is 0 Å². The molecule has 0 fully saturated rings. The highest BCUT2D eigenvalue weighted by atomic mass is 16.5. The fraction of sp³-hybridized carbons (Fsp3) is 0.438. The Morgan fingerprint density at radius 2 is 2.05 bits per heavy atom. The molecule has 0 aliphatic carbocycles. The molecule has 0 unspecified atom stereocenters. The number of nitrogens with zero attached hydrogens (tertiary/aromatic N) is 2. The predicted octanol–water partition coefficient (Wildman–Crippen LogP) is 3.27. The van der Waals surface area contributed by atoms with Crippen molar-refractivity contribution in [2.75, 3.05) is 13.2 Å². The third-order valence-corrected chi connectivity index (χ3v) is 3.90. The lowest BCUT2D eigenvalue weighted by Gasteiger charge is -2.23. The molecule has 21 heavy (non-hydrogen) atoms. The summed E-state index contributed by atoms with van der Waals surface area (Å²) >= 11 is 0. The average Bonchev–Trinajstić information content (AvgIpc) is 2.71. The van der Waals surface area contributed by atoms with Gasteiger partial charge in [-0.05, 0) is 39.0 Å². The van der Waals surface area contributed by atoms with E-state index < -0.39 is 6.09 Å². The minimum absolute atomic E-state index is 0.0198. The number of fused-ring (bicyclic) bond motifs is 3. The first-order valence-corrected chi connectivity index (χ1v) is 7.12. The van der Waals surface area contributed by atoms with Crippen LogP contribution in [0.5, 0.6) is 5.75 Å². The summed E-state index contributed by atoms with van der Waals surface area (Å²) in [7, 11) is 0. The topological polar surface area (TPSA) is 54.7 Å². The van der Waals surface area contributed by atoms with E-state index in [4.69, 9.17) is 4.74 Å². The summed E-state index contributed by atoms with van der Waals surface area (Å²) in [6, 6.07) is 6.05. The summed E-state index contributed by atoms with van der Waals surface area (Å²) in [5, 5.41) is 10.3. The molecule has 0 saturated carbocycles. The van der Waals surface area contributed by atoms with Gasteiger partial charge < -0.3 is 19.3 Å². The molecular weight excluding hydrogens is 268 g/mol. The zero-order valence-electron chi connectivity index (χ0n) is 12.6. The molecule has 1 aliphatic rings. The summed E-state index contributed by atoms with van der Waals surface area (Å²) in [6.07, 6.45) is 1.15. The van der Waals surface area contributed by atoms with Crippen LogP contribution >= 0.6 is 0 Å². The molecule has 0 atom stereocenters. The molecule has 2 aromatic rings. The maximum absolute atomic E-state index is 11.3. The van der Waals surface area contributed by atoms with E-state index in [1.807, 2.05) is 12.1 Å². The van der Waals surface area contributed by atoms with Crippen LogP contribution in [0.4, 0.5) is 4.79 Å². The first-order valence-electron chi connectivity index (χ1n) is 7.12. The molecule has 3 rings (SSSR count). The van der Waals surface area contributed by atoms with E-state index in [1.54, 1.807) is 0 Å². The lowest BCUT2D eigenvalue weighted by molar-refractivity contribution is 0.138. The molecule has 2 heterocycles. The van der Waals surface area contributed by atoms with Crippen LogP contribution in [0.15, 0.2) is 24.4 Å². The molecule has 0 saturated heterocycles. The number of hydrogen-bond donors (Lipinski definition) is 1. The summed E-state index contributed by atoms with van der Waals surface area (Å²) < 4.78 is 7.92. The monoisotopic (exact) mass is 288 g/mol. The number of carbonyl (C=O) groups is 1. The van der Waals surface area contributed by atoms with E-state index >= 15 is 0 Å². The third-order valence-electron chi connectivity index (χ3n) is 3.90. The van der Waals surface area contributed by atoms with E-state index in [0.29, 0.717) is 19.7 Å². The molecule has 1 aromatic carbocycles. The van der Waals surface area contributed by atoms with Gasteiger partial charge in [-0.25, -0.2) is 4.79 Å². The van der Waals surface area contributed by atoms with Gasteiger partial charge in [0.15, 0.2) is 0 Å². The van der Waals surface area contributed by atoms with Crippen molar-refractivity contribution in [3.63, 3.8) is 0 Å². The maximum Gasteiger partial charge on any atom is 0.407 e. The van der Waals surface area contributed by atoms with E-state index in [9.17, 15) is 9.90 Å². The van der Waals surface area contributed by atoms with Crippen LogP contribution in [0.25, 0.3) is 10.9 Å². The Bertz CT molecular complexity index is 697. The molecule has 112 valence electrons. The summed E-state index contributed by atoms with van der Waals surface area (Å²) in [4.78, 5) is 12.7. The molecule has 5 nitrogen and oxygen atoms in total. The highest BCUT2D eigenvalue weighted by Gasteiger charge is 2.23. The lowest BCUT2D eigenvalue weighted by atomic mass is 10.1. The molecular formula is C16H20N2O3. The van der Waals surface area contributed by atoms with Crippen LogP contribution in [0.1, 0.15) is 26.3 Å². The first-order chi connectivity index (χ1) is 9.88. The Hall–Kier alpha value is -2.17. The van der Waals surface area contributed by atoms with Crippen molar-refractivity contribution in [2.24, 2.45) is 0 Å². The molecule has 1 aliphatic heterocycles. The lowest BCUT2D eigenvalue weighted by Crippen LogP contribution is -2.30. The van der Waals surface area contributed by atoms with Gasteiger partial charge in [0, 0.05) is 28.2 Å². The predicted molar refractivity (Wildman–Crippen MR) is 80.9 cm³/mol. The van der Waals surface area contributed by atoms with Crippen molar-refractivity contribution in [1.29, 1.82) is 0 Å². The minimum atomic E-state index is -0.904. The van der Waals surface area contributed by atoms with Gasteiger partial charge in [-0.15, -0.1) is 0 Å². The number of benzene rings is 1. The van der Waals surface area contributed by atoms with Crippen LogP contribution in [0, 0.1) is 0 Å². The molecule has 1 aromatic heterocycles. The van der Waals surface area contributed by atoms with E-state index in [2.05, 4.69) is 37.6 Å². The molecule has 0 bridgehead atoms. The number of ether oxygens (including phenoxy) is 1. The molecule has 5 heteroatoms.